The van der Waals surface area contributed by atoms with Crippen LogP contribution >= 0.6 is 23.2 Å². The molecule has 0 saturated carbocycles. The van der Waals surface area contributed by atoms with Gasteiger partial charge in [0.05, 0.1) is 0 Å². The van der Waals surface area contributed by atoms with Gasteiger partial charge in [0, 0.05) is 22.3 Å². The number of hydrogen-bond donors (Lipinski definition) is 0. The van der Waals surface area contributed by atoms with Crippen molar-refractivity contribution in [2.75, 3.05) is 0 Å². The highest BCUT2D eigenvalue weighted by Crippen LogP contribution is 2.17. The zero-order chi connectivity index (χ0) is 14.7. The summed E-state index contributed by atoms with van der Waals surface area (Å²) in [5.41, 5.74) is 1.01. The van der Waals surface area contributed by atoms with Gasteiger partial charge in [-0.1, -0.05) is 30.3 Å². The van der Waals surface area contributed by atoms with Crippen LogP contribution in [0.15, 0.2) is 48.5 Å². The van der Waals surface area contributed by atoms with Gasteiger partial charge in [0.1, 0.15) is 0 Å². The maximum atomic E-state index is 12.3. The van der Waals surface area contributed by atoms with Crippen molar-refractivity contribution in [2.45, 2.75) is 0 Å². The Hall–Kier alpha value is -1.97. The maximum Gasteiger partial charge on any atom is 0.253 e. The van der Waals surface area contributed by atoms with Crippen LogP contribution in [0.4, 0.5) is 0 Å². The zero-order valence-electron chi connectivity index (χ0n) is 10.1. The molecule has 0 spiro atoms. The minimum absolute atomic E-state index is 0.150. The monoisotopic (exact) mass is 306 g/mol. The lowest BCUT2D eigenvalue weighted by atomic mass is 9.98. The first-order valence-corrected chi connectivity index (χ1v) is 6.39. The Morgan fingerprint density at radius 1 is 0.650 bits per heavy atom. The lowest BCUT2D eigenvalue weighted by Gasteiger charge is -2.05. The van der Waals surface area contributed by atoms with Gasteiger partial charge in [-0.2, -0.15) is 0 Å². The van der Waals surface area contributed by atoms with Gasteiger partial charge in [0.2, 0.25) is 0 Å². The summed E-state index contributed by atoms with van der Waals surface area (Å²) in [5, 5.41) is -1.29. The molecule has 0 N–H and O–H groups in total. The van der Waals surface area contributed by atoms with Crippen LogP contribution in [0, 0.1) is 0 Å². The summed E-state index contributed by atoms with van der Waals surface area (Å²) >= 11 is 10.8. The van der Waals surface area contributed by atoms with E-state index in [1.165, 1.54) is 36.4 Å². The molecule has 0 aliphatic carbocycles. The number of ketones is 1. The predicted octanol–water partition coefficient (Wildman–Crippen LogP) is 3.68. The van der Waals surface area contributed by atoms with Crippen LogP contribution in [-0.4, -0.2) is 16.3 Å². The molecule has 0 atom stereocenters. The Bertz CT molecular complexity index is 691. The second-order valence-corrected chi connectivity index (χ2v) is 4.69. The van der Waals surface area contributed by atoms with Crippen LogP contribution in [0.25, 0.3) is 0 Å². The van der Waals surface area contributed by atoms with E-state index in [9.17, 15) is 14.4 Å². The lowest BCUT2D eigenvalue weighted by Crippen LogP contribution is -2.07. The SMILES string of the molecule is O=C(Cl)c1ccc(C(=O)c2ccccc2C(=O)Cl)cc1. The van der Waals surface area contributed by atoms with E-state index in [4.69, 9.17) is 23.2 Å². The smallest absolute Gasteiger partial charge is 0.253 e. The van der Waals surface area contributed by atoms with Gasteiger partial charge >= 0.3 is 0 Å². The van der Waals surface area contributed by atoms with Crippen molar-refractivity contribution < 1.29 is 14.4 Å². The highest BCUT2D eigenvalue weighted by Gasteiger charge is 2.16. The van der Waals surface area contributed by atoms with Gasteiger partial charge in [0.15, 0.2) is 5.78 Å². The molecule has 100 valence electrons. The van der Waals surface area contributed by atoms with Crippen molar-refractivity contribution in [3.8, 4) is 0 Å². The van der Waals surface area contributed by atoms with E-state index in [-0.39, 0.29) is 16.9 Å². The third kappa shape index (κ3) is 2.95. The highest BCUT2D eigenvalue weighted by atomic mass is 35.5. The molecular weight excluding hydrogens is 299 g/mol. The summed E-state index contributed by atoms with van der Waals surface area (Å²) in [6.07, 6.45) is 0. The number of halogens is 2. The van der Waals surface area contributed by atoms with E-state index in [0.717, 1.165) is 0 Å². The fourth-order valence-corrected chi connectivity index (χ4v) is 2.05. The van der Waals surface area contributed by atoms with Crippen LogP contribution in [0.2, 0.25) is 0 Å². The van der Waals surface area contributed by atoms with Crippen molar-refractivity contribution in [3.63, 3.8) is 0 Å². The Morgan fingerprint density at radius 3 is 1.65 bits per heavy atom. The Morgan fingerprint density at radius 2 is 1.15 bits per heavy atom. The van der Waals surface area contributed by atoms with E-state index in [2.05, 4.69) is 0 Å². The molecule has 0 aromatic heterocycles. The molecule has 5 heteroatoms. The van der Waals surface area contributed by atoms with Crippen LogP contribution in [0.3, 0.4) is 0 Å². The minimum Gasteiger partial charge on any atom is -0.289 e. The molecule has 0 amide bonds. The maximum absolute atomic E-state index is 12.3. The number of benzene rings is 2. The van der Waals surface area contributed by atoms with Gasteiger partial charge in [-0.15, -0.1) is 0 Å². The summed E-state index contributed by atoms with van der Waals surface area (Å²) < 4.78 is 0. The van der Waals surface area contributed by atoms with E-state index in [1.807, 2.05) is 0 Å². The molecule has 0 unspecified atom stereocenters. The zero-order valence-corrected chi connectivity index (χ0v) is 11.6. The second kappa shape index (κ2) is 5.99. The van der Waals surface area contributed by atoms with Gasteiger partial charge < -0.3 is 0 Å². The van der Waals surface area contributed by atoms with E-state index >= 15 is 0 Å². The third-order valence-corrected chi connectivity index (χ3v) is 3.18. The topological polar surface area (TPSA) is 51.2 Å². The quantitative estimate of drug-likeness (QED) is 0.639. The summed E-state index contributed by atoms with van der Waals surface area (Å²) in [7, 11) is 0. The van der Waals surface area contributed by atoms with E-state index < -0.39 is 10.5 Å². The predicted molar refractivity (Wildman–Crippen MR) is 76.7 cm³/mol. The van der Waals surface area contributed by atoms with Crippen LogP contribution in [-0.2, 0) is 0 Å². The Kier molecular flexibility index (Phi) is 4.32. The molecule has 20 heavy (non-hydrogen) atoms. The first-order valence-electron chi connectivity index (χ1n) is 5.64. The van der Waals surface area contributed by atoms with Gasteiger partial charge in [0.25, 0.3) is 10.5 Å². The van der Waals surface area contributed by atoms with Crippen LogP contribution in [0.1, 0.15) is 36.6 Å². The molecule has 0 bridgehead atoms. The first kappa shape index (κ1) is 14.4. The minimum atomic E-state index is -0.693. The average molecular weight is 307 g/mol. The molecular formula is C15H8Cl2O3. The molecule has 2 rings (SSSR count). The van der Waals surface area contributed by atoms with E-state index in [1.54, 1.807) is 12.1 Å². The van der Waals surface area contributed by atoms with Crippen molar-refractivity contribution in [1.82, 2.24) is 0 Å². The van der Waals surface area contributed by atoms with Crippen LogP contribution < -0.4 is 0 Å². The van der Waals surface area contributed by atoms with Crippen molar-refractivity contribution >= 4 is 39.5 Å². The average Bonchev–Trinajstić information content (AvgIpc) is 2.46. The molecule has 0 aliphatic heterocycles. The van der Waals surface area contributed by atoms with E-state index in [0.29, 0.717) is 11.1 Å². The van der Waals surface area contributed by atoms with Crippen molar-refractivity contribution in [3.05, 3.63) is 70.8 Å². The molecule has 0 fully saturated rings. The second-order valence-electron chi connectivity index (χ2n) is 4.00. The number of carbonyl (C=O) groups is 3. The summed E-state index contributed by atoms with van der Waals surface area (Å²) in [6, 6.07) is 12.1. The summed E-state index contributed by atoms with van der Waals surface area (Å²) in [6.45, 7) is 0. The number of carbonyl (C=O) groups excluding carboxylic acids is 3. The molecule has 3 nitrogen and oxygen atoms in total. The standard InChI is InChI=1S/C15H8Cl2O3/c16-14(19)10-7-5-9(6-8-10)13(18)11-3-1-2-4-12(11)15(17)20/h1-8H. The van der Waals surface area contributed by atoms with Gasteiger partial charge in [-0.3, -0.25) is 14.4 Å². The number of rotatable bonds is 4. The van der Waals surface area contributed by atoms with Crippen molar-refractivity contribution in [1.29, 1.82) is 0 Å². The summed E-state index contributed by atoms with van der Waals surface area (Å²) in [4.78, 5) is 34.6. The molecule has 0 heterocycles. The highest BCUT2D eigenvalue weighted by molar-refractivity contribution is 6.68. The Balaban J connectivity index is 2.41. The third-order valence-electron chi connectivity index (χ3n) is 2.76. The largest absolute Gasteiger partial charge is 0.289 e. The lowest BCUT2D eigenvalue weighted by molar-refractivity contribution is 0.102. The Labute approximate surface area is 125 Å². The summed E-state index contributed by atoms with van der Waals surface area (Å²) in [5.74, 6) is -0.344. The van der Waals surface area contributed by atoms with Crippen LogP contribution in [0.5, 0.6) is 0 Å². The normalized spacial score (nSPS) is 10.1. The molecule has 0 radical (unpaired) electrons. The molecule has 0 aliphatic rings. The fourth-order valence-electron chi connectivity index (χ4n) is 1.76. The molecule has 0 saturated heterocycles. The first-order chi connectivity index (χ1) is 9.50. The van der Waals surface area contributed by atoms with Gasteiger partial charge in [-0.25, -0.2) is 0 Å². The molecule has 2 aromatic rings. The fraction of sp³-hybridized carbons (Fsp3) is 0. The molecule has 2 aromatic carbocycles. The van der Waals surface area contributed by atoms with Gasteiger partial charge in [-0.05, 0) is 41.4 Å². The number of hydrogen-bond acceptors (Lipinski definition) is 3. The van der Waals surface area contributed by atoms with Crippen molar-refractivity contribution in [2.24, 2.45) is 0 Å².